The Kier molecular flexibility index (Phi) is 4.85. The summed E-state index contributed by atoms with van der Waals surface area (Å²) in [7, 11) is 0. The van der Waals surface area contributed by atoms with Gasteiger partial charge in [0.15, 0.2) is 11.4 Å². The Hall–Kier alpha value is -2.79. The maximum atomic E-state index is 6.10. The van der Waals surface area contributed by atoms with E-state index in [0.29, 0.717) is 0 Å². The van der Waals surface area contributed by atoms with Crippen LogP contribution in [0.1, 0.15) is 11.1 Å². The second-order valence-electron chi connectivity index (χ2n) is 7.17. The summed E-state index contributed by atoms with van der Waals surface area (Å²) in [6, 6.07) is 14.6. The Morgan fingerprint density at radius 3 is 2.43 bits per heavy atom. The molecular formula is C22H23ClN4O. The number of piperazine rings is 1. The summed E-state index contributed by atoms with van der Waals surface area (Å²) in [5.41, 5.74) is 6.60. The van der Waals surface area contributed by atoms with Crippen LogP contribution in [0.5, 0.6) is 0 Å². The molecule has 28 heavy (non-hydrogen) atoms. The second kappa shape index (κ2) is 7.32. The molecule has 5 nitrogen and oxygen atoms in total. The third-order valence-corrected chi connectivity index (χ3v) is 5.64. The lowest BCUT2D eigenvalue weighted by molar-refractivity contribution is 0.628. The lowest BCUT2D eigenvalue weighted by Gasteiger charge is -2.37. The number of fused-ring (bicyclic) bond motifs is 3. The highest BCUT2D eigenvalue weighted by Crippen LogP contribution is 2.33. The molecule has 1 saturated heterocycles. The van der Waals surface area contributed by atoms with E-state index in [-0.39, 0.29) is 12.4 Å². The summed E-state index contributed by atoms with van der Waals surface area (Å²) in [5.74, 6) is 0.900. The highest BCUT2D eigenvalue weighted by molar-refractivity contribution is 6.05. The van der Waals surface area contributed by atoms with E-state index in [1.54, 1.807) is 6.33 Å². The average Bonchev–Trinajstić information content (AvgIpc) is 3.09. The second-order valence-corrected chi connectivity index (χ2v) is 7.17. The summed E-state index contributed by atoms with van der Waals surface area (Å²) in [5, 5.41) is 1.05. The molecule has 144 valence electrons. The lowest BCUT2D eigenvalue weighted by atomic mass is 10.1. The highest BCUT2D eigenvalue weighted by Gasteiger charge is 2.23. The predicted octanol–water partition coefficient (Wildman–Crippen LogP) is 4.74. The molecule has 1 aliphatic rings. The first-order valence-corrected chi connectivity index (χ1v) is 9.41. The van der Waals surface area contributed by atoms with E-state index in [2.05, 4.69) is 57.9 Å². The first kappa shape index (κ1) is 18.6. The van der Waals surface area contributed by atoms with Gasteiger partial charge in [0.1, 0.15) is 17.4 Å². The maximum Gasteiger partial charge on any atom is 0.196 e. The molecule has 0 amide bonds. The Morgan fingerprint density at radius 1 is 0.857 bits per heavy atom. The van der Waals surface area contributed by atoms with Crippen LogP contribution in [0.15, 0.2) is 53.2 Å². The molecule has 3 heterocycles. The number of furan rings is 1. The average molecular weight is 395 g/mol. The van der Waals surface area contributed by atoms with Crippen molar-refractivity contribution in [2.45, 2.75) is 13.8 Å². The Bertz CT molecular complexity index is 1130. The highest BCUT2D eigenvalue weighted by atomic mass is 35.5. The van der Waals surface area contributed by atoms with Crippen molar-refractivity contribution in [2.75, 3.05) is 36.0 Å². The lowest BCUT2D eigenvalue weighted by Crippen LogP contribution is -2.47. The van der Waals surface area contributed by atoms with E-state index in [4.69, 9.17) is 4.42 Å². The van der Waals surface area contributed by atoms with Gasteiger partial charge in [0.25, 0.3) is 0 Å². The van der Waals surface area contributed by atoms with Gasteiger partial charge >= 0.3 is 0 Å². The van der Waals surface area contributed by atoms with E-state index in [9.17, 15) is 0 Å². The molecule has 0 unspecified atom stereocenters. The Labute approximate surface area is 170 Å². The van der Waals surface area contributed by atoms with Crippen LogP contribution in [0, 0.1) is 13.8 Å². The van der Waals surface area contributed by atoms with Crippen molar-refractivity contribution in [1.29, 1.82) is 0 Å². The zero-order valence-corrected chi connectivity index (χ0v) is 16.9. The van der Waals surface area contributed by atoms with Crippen molar-refractivity contribution in [3.8, 4) is 0 Å². The van der Waals surface area contributed by atoms with Crippen LogP contribution >= 0.6 is 12.4 Å². The molecule has 0 atom stereocenters. The Balaban J connectivity index is 0.00000192. The van der Waals surface area contributed by atoms with E-state index in [1.807, 2.05) is 18.2 Å². The molecule has 0 aliphatic carbocycles. The number of rotatable bonds is 2. The van der Waals surface area contributed by atoms with Gasteiger partial charge in [0.2, 0.25) is 0 Å². The first-order valence-electron chi connectivity index (χ1n) is 9.41. The molecule has 4 aromatic rings. The minimum Gasteiger partial charge on any atom is -0.450 e. The number of halogens is 1. The van der Waals surface area contributed by atoms with Crippen molar-refractivity contribution in [2.24, 2.45) is 0 Å². The van der Waals surface area contributed by atoms with Crippen molar-refractivity contribution >= 4 is 46.0 Å². The number of aryl methyl sites for hydroxylation is 1. The summed E-state index contributed by atoms with van der Waals surface area (Å²) in [4.78, 5) is 13.8. The van der Waals surface area contributed by atoms with Crippen LogP contribution in [0.4, 0.5) is 11.5 Å². The van der Waals surface area contributed by atoms with Crippen LogP contribution in [-0.2, 0) is 0 Å². The van der Waals surface area contributed by atoms with Gasteiger partial charge in [0, 0.05) is 37.3 Å². The van der Waals surface area contributed by atoms with Gasteiger partial charge in [-0.3, -0.25) is 0 Å². The molecule has 2 aromatic heterocycles. The number of aromatic nitrogens is 2. The van der Waals surface area contributed by atoms with E-state index < -0.39 is 0 Å². The van der Waals surface area contributed by atoms with Gasteiger partial charge in [0.05, 0.1) is 0 Å². The molecule has 1 aliphatic heterocycles. The third-order valence-electron chi connectivity index (χ3n) is 5.64. The summed E-state index contributed by atoms with van der Waals surface area (Å²) in [6.45, 7) is 8.15. The molecule has 6 heteroatoms. The molecule has 0 bridgehead atoms. The van der Waals surface area contributed by atoms with Crippen LogP contribution < -0.4 is 9.80 Å². The van der Waals surface area contributed by atoms with Crippen molar-refractivity contribution < 1.29 is 4.42 Å². The van der Waals surface area contributed by atoms with Gasteiger partial charge < -0.3 is 14.2 Å². The Morgan fingerprint density at radius 2 is 1.61 bits per heavy atom. The molecule has 5 rings (SSSR count). The van der Waals surface area contributed by atoms with E-state index in [1.165, 1.54) is 16.8 Å². The van der Waals surface area contributed by atoms with E-state index >= 15 is 0 Å². The minimum absolute atomic E-state index is 0. The monoisotopic (exact) mass is 394 g/mol. The van der Waals surface area contributed by atoms with Crippen LogP contribution in [0.3, 0.4) is 0 Å². The van der Waals surface area contributed by atoms with Gasteiger partial charge in [-0.05, 0) is 43.2 Å². The van der Waals surface area contributed by atoms with Crippen molar-refractivity contribution in [3.05, 3.63) is 59.9 Å². The topological polar surface area (TPSA) is 45.4 Å². The number of hydrogen-bond donors (Lipinski definition) is 0. The van der Waals surface area contributed by atoms with Gasteiger partial charge in [-0.2, -0.15) is 0 Å². The fourth-order valence-electron chi connectivity index (χ4n) is 3.97. The first-order chi connectivity index (χ1) is 13.2. The molecule has 2 aromatic carbocycles. The number of para-hydroxylation sites is 1. The van der Waals surface area contributed by atoms with Gasteiger partial charge in [-0.15, -0.1) is 12.4 Å². The van der Waals surface area contributed by atoms with Crippen molar-refractivity contribution in [3.63, 3.8) is 0 Å². The molecular weight excluding hydrogens is 372 g/mol. The predicted molar refractivity (Wildman–Crippen MR) is 117 cm³/mol. The molecule has 0 saturated carbocycles. The number of hydrogen-bond acceptors (Lipinski definition) is 5. The fourth-order valence-corrected chi connectivity index (χ4v) is 3.97. The molecule has 0 spiro atoms. The molecule has 1 fully saturated rings. The number of benzene rings is 2. The third kappa shape index (κ3) is 2.96. The summed E-state index contributed by atoms with van der Waals surface area (Å²) >= 11 is 0. The van der Waals surface area contributed by atoms with Gasteiger partial charge in [-0.25, -0.2) is 9.97 Å². The fraction of sp³-hybridized carbons (Fsp3) is 0.273. The SMILES string of the molecule is Cc1cccc(N2CCN(c3ncnc4c3oc3ccccc34)CC2)c1C.Cl. The van der Waals surface area contributed by atoms with Crippen LogP contribution in [0.25, 0.3) is 22.1 Å². The van der Waals surface area contributed by atoms with Crippen LogP contribution in [0.2, 0.25) is 0 Å². The number of nitrogens with zero attached hydrogens (tertiary/aromatic N) is 4. The molecule has 0 radical (unpaired) electrons. The molecule has 0 N–H and O–H groups in total. The van der Waals surface area contributed by atoms with Crippen LogP contribution in [-0.4, -0.2) is 36.1 Å². The van der Waals surface area contributed by atoms with Crippen molar-refractivity contribution in [1.82, 2.24) is 9.97 Å². The van der Waals surface area contributed by atoms with Gasteiger partial charge in [-0.1, -0.05) is 24.3 Å². The summed E-state index contributed by atoms with van der Waals surface area (Å²) < 4.78 is 6.10. The standard InChI is InChI=1S/C22H22N4O.ClH/c1-15-6-5-8-18(16(15)2)25-10-12-26(13-11-25)22-21-20(23-14-24-22)17-7-3-4-9-19(17)27-21;/h3-9,14H,10-13H2,1-2H3;1H. The maximum absolute atomic E-state index is 6.10. The zero-order chi connectivity index (χ0) is 18.4. The normalized spacial score (nSPS) is 14.5. The summed E-state index contributed by atoms with van der Waals surface area (Å²) in [6.07, 6.45) is 1.65. The quantitative estimate of drug-likeness (QED) is 0.491. The van der Waals surface area contributed by atoms with E-state index in [0.717, 1.165) is 54.1 Å². The zero-order valence-electron chi connectivity index (χ0n) is 16.1. The smallest absolute Gasteiger partial charge is 0.196 e. The number of anilines is 2. The minimum atomic E-state index is 0. The largest absolute Gasteiger partial charge is 0.450 e.